The van der Waals surface area contributed by atoms with Gasteiger partial charge in [0.1, 0.15) is 5.75 Å². The lowest BCUT2D eigenvalue weighted by Crippen LogP contribution is -2.39. The molecule has 9 heteroatoms. The summed E-state index contributed by atoms with van der Waals surface area (Å²) in [6.45, 7) is 6.06. The van der Waals surface area contributed by atoms with Crippen molar-refractivity contribution in [1.29, 1.82) is 0 Å². The first-order valence-electron chi connectivity index (χ1n) is 12.2. The van der Waals surface area contributed by atoms with Crippen molar-refractivity contribution in [2.45, 2.75) is 26.8 Å². The Morgan fingerprint density at radius 3 is 2.53 bits per heavy atom. The molecule has 0 amide bonds. The summed E-state index contributed by atoms with van der Waals surface area (Å²) in [6.07, 6.45) is 5.43. The van der Waals surface area contributed by atoms with Crippen LogP contribution in [0.2, 0.25) is 0 Å². The van der Waals surface area contributed by atoms with Crippen LogP contribution >= 0.6 is 11.3 Å². The molecule has 2 aromatic carbocycles. The third-order valence-corrected chi connectivity index (χ3v) is 6.98. The number of carbonyl (C=O) groups excluding carboxylic acids is 1. The molecule has 3 aromatic rings. The normalized spacial score (nSPS) is 15.3. The van der Waals surface area contributed by atoms with E-state index in [9.17, 15) is 9.59 Å². The quantitative estimate of drug-likeness (QED) is 0.387. The zero-order chi connectivity index (χ0) is 27.2. The highest BCUT2D eigenvalue weighted by Gasteiger charge is 2.33. The second-order valence-corrected chi connectivity index (χ2v) is 9.28. The zero-order valence-corrected chi connectivity index (χ0v) is 22.8. The Morgan fingerprint density at radius 1 is 1.05 bits per heavy atom. The van der Waals surface area contributed by atoms with E-state index in [1.807, 2.05) is 43.3 Å². The molecule has 1 aliphatic rings. The first-order chi connectivity index (χ1) is 18.4. The van der Waals surface area contributed by atoms with E-state index in [1.165, 1.54) is 11.3 Å². The van der Waals surface area contributed by atoms with Gasteiger partial charge < -0.3 is 18.9 Å². The summed E-state index contributed by atoms with van der Waals surface area (Å²) in [7, 11) is 3.17. The van der Waals surface area contributed by atoms with Gasteiger partial charge in [0.25, 0.3) is 5.56 Å². The fourth-order valence-electron chi connectivity index (χ4n) is 4.29. The average molecular weight is 535 g/mol. The molecule has 38 heavy (non-hydrogen) atoms. The van der Waals surface area contributed by atoms with Crippen molar-refractivity contribution < 1.29 is 23.7 Å². The van der Waals surface area contributed by atoms with Gasteiger partial charge in [0.05, 0.1) is 49.3 Å². The maximum absolute atomic E-state index is 13.7. The number of methoxy groups -OCH3 is 2. The Hall–Kier alpha value is -4.11. The monoisotopic (exact) mass is 534 g/mol. The van der Waals surface area contributed by atoms with Gasteiger partial charge in [-0.25, -0.2) is 9.79 Å². The lowest BCUT2D eigenvalue weighted by Gasteiger charge is -2.25. The molecule has 0 radical (unpaired) electrons. The molecule has 0 fully saturated rings. The number of esters is 1. The molecule has 1 aliphatic heterocycles. The standard InChI is InChI=1S/C29H30N2O6S/c1-6-36-22-16-15-20(17-23(22)35-5)26-25(28(33)37-7-2)18(3)30-29-31(26)27(32)24(38-29)14-10-12-19-11-8-9-13-21(19)34-4/h8-17,26H,6-7H2,1-5H3/b12-10+,24-14-. The number of benzene rings is 2. The summed E-state index contributed by atoms with van der Waals surface area (Å²) < 4.78 is 24.0. The second-order valence-electron chi connectivity index (χ2n) is 8.27. The van der Waals surface area contributed by atoms with E-state index in [1.54, 1.807) is 56.9 Å². The van der Waals surface area contributed by atoms with Gasteiger partial charge in [-0.1, -0.05) is 47.8 Å². The van der Waals surface area contributed by atoms with Crippen LogP contribution in [0.25, 0.3) is 12.2 Å². The van der Waals surface area contributed by atoms with Crippen LogP contribution in [0.1, 0.15) is 37.9 Å². The van der Waals surface area contributed by atoms with Crippen molar-refractivity contribution in [2.75, 3.05) is 27.4 Å². The molecule has 198 valence electrons. The number of hydrogen-bond donors (Lipinski definition) is 0. The second kappa shape index (κ2) is 12.0. The van der Waals surface area contributed by atoms with Crippen molar-refractivity contribution in [2.24, 2.45) is 4.99 Å². The molecule has 0 N–H and O–H groups in total. The van der Waals surface area contributed by atoms with Gasteiger partial charge in [-0.05, 0) is 50.6 Å². The molecule has 0 saturated heterocycles. The minimum Gasteiger partial charge on any atom is -0.496 e. The van der Waals surface area contributed by atoms with Gasteiger partial charge in [-0.15, -0.1) is 0 Å². The van der Waals surface area contributed by atoms with E-state index < -0.39 is 12.0 Å². The maximum atomic E-state index is 13.7. The molecule has 1 atom stereocenters. The van der Waals surface area contributed by atoms with Gasteiger partial charge in [-0.3, -0.25) is 9.36 Å². The van der Waals surface area contributed by atoms with E-state index in [2.05, 4.69) is 4.99 Å². The SMILES string of the molecule is CCOC(=O)C1=C(C)N=c2s/c(=C\C=C\c3ccccc3OC)c(=O)n2C1c1ccc(OCC)c(OC)c1. The van der Waals surface area contributed by atoms with Crippen LogP contribution in [0, 0.1) is 0 Å². The minimum atomic E-state index is -0.741. The maximum Gasteiger partial charge on any atom is 0.338 e. The van der Waals surface area contributed by atoms with Crippen LogP contribution in [0.5, 0.6) is 17.2 Å². The molecule has 0 spiro atoms. The van der Waals surface area contributed by atoms with Gasteiger partial charge in [0.15, 0.2) is 16.3 Å². The first kappa shape index (κ1) is 26.9. The zero-order valence-electron chi connectivity index (χ0n) is 22.0. The first-order valence-corrected chi connectivity index (χ1v) is 13.0. The molecule has 1 unspecified atom stereocenters. The molecular formula is C29H30N2O6S. The van der Waals surface area contributed by atoms with Gasteiger partial charge in [0, 0.05) is 5.56 Å². The number of rotatable bonds is 9. The van der Waals surface area contributed by atoms with Gasteiger partial charge >= 0.3 is 5.97 Å². The number of fused-ring (bicyclic) bond motifs is 1. The molecule has 4 rings (SSSR count). The summed E-state index contributed by atoms with van der Waals surface area (Å²) in [5.74, 6) is 1.30. The smallest absolute Gasteiger partial charge is 0.338 e. The van der Waals surface area contributed by atoms with Crippen molar-refractivity contribution in [1.82, 2.24) is 4.57 Å². The van der Waals surface area contributed by atoms with E-state index >= 15 is 0 Å². The highest BCUT2D eigenvalue weighted by molar-refractivity contribution is 7.07. The van der Waals surface area contributed by atoms with Gasteiger partial charge in [-0.2, -0.15) is 0 Å². The van der Waals surface area contributed by atoms with Crippen LogP contribution in [-0.2, 0) is 9.53 Å². The number of allylic oxidation sites excluding steroid dienone is 2. The number of hydrogen-bond acceptors (Lipinski definition) is 8. The molecule has 0 saturated carbocycles. The van der Waals surface area contributed by atoms with Crippen LogP contribution in [0.3, 0.4) is 0 Å². The van der Waals surface area contributed by atoms with Gasteiger partial charge in [0.2, 0.25) is 0 Å². The van der Waals surface area contributed by atoms with Crippen LogP contribution in [0.15, 0.2) is 69.6 Å². The average Bonchev–Trinajstić information content (AvgIpc) is 3.23. The molecule has 0 aliphatic carbocycles. The van der Waals surface area contributed by atoms with Crippen LogP contribution in [-0.4, -0.2) is 38.0 Å². The molecule has 0 bridgehead atoms. The topological polar surface area (TPSA) is 88.4 Å². The fourth-order valence-corrected chi connectivity index (χ4v) is 5.29. The lowest BCUT2D eigenvalue weighted by atomic mass is 9.95. The number of para-hydroxylation sites is 1. The van der Waals surface area contributed by atoms with E-state index in [0.717, 1.165) is 11.3 Å². The highest BCUT2D eigenvalue weighted by atomic mass is 32.1. The molecule has 1 aromatic heterocycles. The highest BCUT2D eigenvalue weighted by Crippen LogP contribution is 2.36. The van der Waals surface area contributed by atoms with Crippen LogP contribution < -0.4 is 29.1 Å². The van der Waals surface area contributed by atoms with E-state index in [4.69, 9.17) is 18.9 Å². The third-order valence-electron chi connectivity index (χ3n) is 5.98. The number of aromatic nitrogens is 1. The summed E-state index contributed by atoms with van der Waals surface area (Å²) in [4.78, 5) is 31.9. The molecular weight excluding hydrogens is 504 g/mol. The Balaban J connectivity index is 1.87. The van der Waals surface area contributed by atoms with Crippen molar-refractivity contribution >= 4 is 29.5 Å². The van der Waals surface area contributed by atoms with Crippen molar-refractivity contribution in [3.63, 3.8) is 0 Å². The summed E-state index contributed by atoms with van der Waals surface area (Å²) in [5, 5.41) is 0. The summed E-state index contributed by atoms with van der Waals surface area (Å²) >= 11 is 1.26. The van der Waals surface area contributed by atoms with Crippen molar-refractivity contribution in [3.05, 3.63) is 90.6 Å². The Labute approximate surface area is 224 Å². The largest absolute Gasteiger partial charge is 0.496 e. The Kier molecular flexibility index (Phi) is 8.48. The van der Waals surface area contributed by atoms with Crippen LogP contribution in [0.4, 0.5) is 0 Å². The fraction of sp³-hybridized carbons (Fsp3) is 0.276. The third kappa shape index (κ3) is 5.28. The summed E-state index contributed by atoms with van der Waals surface area (Å²) in [5.41, 5.74) is 2.12. The Bertz CT molecular complexity index is 1580. The predicted molar refractivity (Wildman–Crippen MR) is 147 cm³/mol. The number of thiazole rings is 1. The van der Waals surface area contributed by atoms with E-state index in [-0.39, 0.29) is 12.2 Å². The van der Waals surface area contributed by atoms with Crippen molar-refractivity contribution in [3.8, 4) is 17.2 Å². The Morgan fingerprint density at radius 2 is 1.82 bits per heavy atom. The predicted octanol–water partition coefficient (Wildman–Crippen LogP) is 3.88. The number of carbonyl (C=O) groups is 1. The molecule has 8 nitrogen and oxygen atoms in total. The number of nitrogens with zero attached hydrogens (tertiary/aromatic N) is 2. The summed E-state index contributed by atoms with van der Waals surface area (Å²) in [6, 6.07) is 12.3. The van der Waals surface area contributed by atoms with E-state index in [0.29, 0.717) is 44.3 Å². The minimum absolute atomic E-state index is 0.201. The lowest BCUT2D eigenvalue weighted by molar-refractivity contribution is -0.139. The molecule has 2 heterocycles. The number of ether oxygens (including phenoxy) is 4.